The lowest BCUT2D eigenvalue weighted by molar-refractivity contribution is 0.303. The molecule has 0 fully saturated rings. The Labute approximate surface area is 153 Å². The molecule has 136 valence electrons. The maximum Gasteiger partial charge on any atom is 0.124 e. The highest BCUT2D eigenvalue weighted by molar-refractivity contribution is 5.40. The monoisotopic (exact) mass is 339 g/mol. The lowest BCUT2D eigenvalue weighted by atomic mass is 10.00. The maximum atomic E-state index is 6.05. The molecule has 2 nitrogen and oxygen atoms in total. The Morgan fingerprint density at radius 1 is 0.800 bits per heavy atom. The SMILES string of the molecule is CCCCCCc1cccc(OCCCCc2ccccc2)c1CN. The maximum absolute atomic E-state index is 6.05. The van der Waals surface area contributed by atoms with Crippen LogP contribution in [0.4, 0.5) is 0 Å². The molecule has 2 N–H and O–H groups in total. The Bertz CT molecular complexity index is 594. The van der Waals surface area contributed by atoms with Crippen molar-refractivity contribution in [3.05, 3.63) is 65.2 Å². The predicted octanol–water partition coefficient (Wildman–Crippen LogP) is 5.67. The summed E-state index contributed by atoms with van der Waals surface area (Å²) in [6.45, 7) is 3.57. The van der Waals surface area contributed by atoms with Gasteiger partial charge in [0.1, 0.15) is 5.75 Å². The number of hydrogen-bond acceptors (Lipinski definition) is 2. The van der Waals surface area contributed by atoms with Gasteiger partial charge in [0.15, 0.2) is 0 Å². The summed E-state index contributed by atoms with van der Waals surface area (Å²) in [5.74, 6) is 0.982. The molecule has 0 aromatic heterocycles. The van der Waals surface area contributed by atoms with E-state index in [0.29, 0.717) is 6.54 Å². The molecule has 2 rings (SSSR count). The largest absolute Gasteiger partial charge is 0.493 e. The second kappa shape index (κ2) is 11.7. The third-order valence-electron chi connectivity index (χ3n) is 4.69. The van der Waals surface area contributed by atoms with Crippen LogP contribution in [-0.4, -0.2) is 6.61 Å². The molecule has 0 aliphatic carbocycles. The Hall–Kier alpha value is -1.80. The average molecular weight is 340 g/mol. The van der Waals surface area contributed by atoms with E-state index < -0.39 is 0 Å². The standard InChI is InChI=1S/C23H33NO/c1-2-3-4-8-15-21-16-11-17-23(22(21)19-24)25-18-10-9-14-20-12-6-5-7-13-20/h5-7,11-13,16-17H,2-4,8-10,14-15,18-19,24H2,1H3. The first-order chi connectivity index (χ1) is 12.3. The molecular formula is C23H33NO. The summed E-state index contributed by atoms with van der Waals surface area (Å²) in [7, 11) is 0. The van der Waals surface area contributed by atoms with Gasteiger partial charge in [-0.2, -0.15) is 0 Å². The Balaban J connectivity index is 1.78. The van der Waals surface area contributed by atoms with E-state index in [2.05, 4.69) is 55.5 Å². The topological polar surface area (TPSA) is 35.2 Å². The zero-order valence-corrected chi connectivity index (χ0v) is 15.7. The predicted molar refractivity (Wildman–Crippen MR) is 107 cm³/mol. The van der Waals surface area contributed by atoms with Gasteiger partial charge in [-0.25, -0.2) is 0 Å². The molecule has 0 atom stereocenters. The minimum absolute atomic E-state index is 0.559. The van der Waals surface area contributed by atoms with Crippen LogP contribution in [0.1, 0.15) is 62.1 Å². The second-order valence-electron chi connectivity index (χ2n) is 6.70. The zero-order chi connectivity index (χ0) is 17.7. The van der Waals surface area contributed by atoms with E-state index in [1.165, 1.54) is 42.4 Å². The van der Waals surface area contributed by atoms with Crippen molar-refractivity contribution in [3.8, 4) is 5.75 Å². The molecule has 0 aliphatic heterocycles. The van der Waals surface area contributed by atoms with E-state index in [1.807, 2.05) is 0 Å². The van der Waals surface area contributed by atoms with Gasteiger partial charge >= 0.3 is 0 Å². The fraction of sp³-hybridized carbons (Fsp3) is 0.478. The third-order valence-corrected chi connectivity index (χ3v) is 4.69. The highest BCUT2D eigenvalue weighted by Gasteiger charge is 2.08. The zero-order valence-electron chi connectivity index (χ0n) is 15.7. The number of ether oxygens (including phenoxy) is 1. The minimum Gasteiger partial charge on any atom is -0.493 e. The smallest absolute Gasteiger partial charge is 0.124 e. The van der Waals surface area contributed by atoms with E-state index in [0.717, 1.165) is 38.0 Å². The van der Waals surface area contributed by atoms with Crippen LogP contribution < -0.4 is 10.5 Å². The quantitative estimate of drug-likeness (QED) is 0.506. The summed E-state index contributed by atoms with van der Waals surface area (Å²) in [4.78, 5) is 0. The number of unbranched alkanes of at least 4 members (excludes halogenated alkanes) is 4. The first-order valence-electron chi connectivity index (χ1n) is 9.82. The van der Waals surface area contributed by atoms with E-state index in [9.17, 15) is 0 Å². The van der Waals surface area contributed by atoms with Crippen molar-refractivity contribution in [1.29, 1.82) is 0 Å². The Kier molecular flexibility index (Phi) is 9.14. The summed E-state index contributed by atoms with van der Waals surface area (Å²) in [5, 5.41) is 0. The molecular weight excluding hydrogens is 306 g/mol. The normalized spacial score (nSPS) is 10.8. The second-order valence-corrected chi connectivity index (χ2v) is 6.70. The summed E-state index contributed by atoms with van der Waals surface area (Å²) in [5.41, 5.74) is 9.97. The lowest BCUT2D eigenvalue weighted by Gasteiger charge is -2.14. The van der Waals surface area contributed by atoms with Crippen molar-refractivity contribution in [1.82, 2.24) is 0 Å². The number of hydrogen-bond donors (Lipinski definition) is 1. The van der Waals surface area contributed by atoms with E-state index in [-0.39, 0.29) is 0 Å². The number of nitrogens with two attached hydrogens (primary N) is 1. The van der Waals surface area contributed by atoms with Crippen LogP contribution in [0, 0.1) is 0 Å². The molecule has 0 heterocycles. The summed E-state index contributed by atoms with van der Waals surface area (Å²) in [6.07, 6.45) is 9.57. The lowest BCUT2D eigenvalue weighted by Crippen LogP contribution is -2.07. The fourth-order valence-corrected chi connectivity index (χ4v) is 3.21. The van der Waals surface area contributed by atoms with Crippen molar-refractivity contribution in [2.75, 3.05) is 6.61 Å². The molecule has 0 aliphatic rings. The minimum atomic E-state index is 0.559. The van der Waals surface area contributed by atoms with Gasteiger partial charge in [0, 0.05) is 12.1 Å². The van der Waals surface area contributed by atoms with Crippen LogP contribution in [0.5, 0.6) is 5.75 Å². The van der Waals surface area contributed by atoms with Crippen molar-refractivity contribution in [2.45, 2.75) is 64.8 Å². The van der Waals surface area contributed by atoms with Crippen LogP contribution in [0.15, 0.2) is 48.5 Å². The summed E-state index contributed by atoms with van der Waals surface area (Å²) in [6, 6.07) is 17.0. The van der Waals surface area contributed by atoms with Gasteiger partial charge in [-0.1, -0.05) is 68.7 Å². The van der Waals surface area contributed by atoms with E-state index in [4.69, 9.17) is 10.5 Å². The molecule has 2 aromatic rings. The molecule has 0 unspecified atom stereocenters. The highest BCUT2D eigenvalue weighted by atomic mass is 16.5. The first kappa shape index (κ1) is 19.5. The number of aryl methyl sites for hydroxylation is 2. The van der Waals surface area contributed by atoms with Crippen LogP contribution >= 0.6 is 0 Å². The third kappa shape index (κ3) is 6.91. The number of benzene rings is 2. The summed E-state index contributed by atoms with van der Waals surface area (Å²) >= 11 is 0. The van der Waals surface area contributed by atoms with Crippen LogP contribution in [-0.2, 0) is 19.4 Å². The molecule has 0 saturated carbocycles. The van der Waals surface area contributed by atoms with Gasteiger partial charge in [-0.05, 0) is 49.3 Å². The Morgan fingerprint density at radius 3 is 2.36 bits per heavy atom. The van der Waals surface area contributed by atoms with Gasteiger partial charge in [-0.15, -0.1) is 0 Å². The molecule has 2 aromatic carbocycles. The molecule has 0 saturated heterocycles. The average Bonchev–Trinajstić information content (AvgIpc) is 2.66. The van der Waals surface area contributed by atoms with Gasteiger partial charge in [-0.3, -0.25) is 0 Å². The van der Waals surface area contributed by atoms with Gasteiger partial charge < -0.3 is 10.5 Å². The number of rotatable bonds is 12. The Morgan fingerprint density at radius 2 is 1.60 bits per heavy atom. The molecule has 0 spiro atoms. The molecule has 0 bridgehead atoms. The molecule has 2 heteroatoms. The highest BCUT2D eigenvalue weighted by Crippen LogP contribution is 2.24. The first-order valence-corrected chi connectivity index (χ1v) is 9.82. The van der Waals surface area contributed by atoms with Crippen molar-refractivity contribution in [2.24, 2.45) is 5.73 Å². The van der Waals surface area contributed by atoms with E-state index in [1.54, 1.807) is 0 Å². The van der Waals surface area contributed by atoms with Crippen LogP contribution in [0.3, 0.4) is 0 Å². The van der Waals surface area contributed by atoms with E-state index >= 15 is 0 Å². The summed E-state index contributed by atoms with van der Waals surface area (Å²) < 4.78 is 6.05. The molecule has 25 heavy (non-hydrogen) atoms. The van der Waals surface area contributed by atoms with Crippen LogP contribution in [0.2, 0.25) is 0 Å². The van der Waals surface area contributed by atoms with Crippen LogP contribution in [0.25, 0.3) is 0 Å². The van der Waals surface area contributed by atoms with Gasteiger partial charge in [0.05, 0.1) is 6.61 Å². The van der Waals surface area contributed by atoms with Crippen molar-refractivity contribution in [3.63, 3.8) is 0 Å². The molecule has 0 amide bonds. The van der Waals surface area contributed by atoms with Gasteiger partial charge in [0.25, 0.3) is 0 Å². The molecule has 0 radical (unpaired) electrons. The van der Waals surface area contributed by atoms with Crippen molar-refractivity contribution < 1.29 is 4.74 Å². The van der Waals surface area contributed by atoms with Gasteiger partial charge in [0.2, 0.25) is 0 Å². The van der Waals surface area contributed by atoms with Crippen molar-refractivity contribution >= 4 is 0 Å². The fourth-order valence-electron chi connectivity index (χ4n) is 3.21.